The van der Waals surface area contributed by atoms with E-state index in [-0.39, 0.29) is 25.0 Å². The highest BCUT2D eigenvalue weighted by molar-refractivity contribution is 6.36. The summed E-state index contributed by atoms with van der Waals surface area (Å²) in [5.74, 6) is -0.212. The van der Waals surface area contributed by atoms with E-state index >= 15 is 0 Å². The molecule has 0 saturated carbocycles. The van der Waals surface area contributed by atoms with Crippen LogP contribution in [0, 0.1) is 0 Å². The van der Waals surface area contributed by atoms with E-state index in [1.807, 2.05) is 0 Å². The molecule has 1 rings (SSSR count). The Hall–Kier alpha value is -0.770. The summed E-state index contributed by atoms with van der Waals surface area (Å²) in [6, 6.07) is 4.83. The number of hydrogen-bond acceptors (Lipinski definition) is 2. The zero-order chi connectivity index (χ0) is 12.1. The topological polar surface area (TPSA) is 49.3 Å². The van der Waals surface area contributed by atoms with Gasteiger partial charge in [0.25, 0.3) is 0 Å². The minimum absolute atomic E-state index is 0.0952. The Labute approximate surface area is 104 Å². The van der Waals surface area contributed by atoms with Crippen molar-refractivity contribution in [2.24, 2.45) is 0 Å². The lowest BCUT2D eigenvalue weighted by Gasteiger charge is -2.12. The van der Waals surface area contributed by atoms with Crippen LogP contribution in [0.5, 0.6) is 0 Å². The molecule has 0 heterocycles. The second kappa shape index (κ2) is 6.09. The van der Waals surface area contributed by atoms with Crippen LogP contribution in [0.1, 0.15) is 12.5 Å². The first-order valence-electron chi connectivity index (χ1n) is 4.87. The Morgan fingerprint density at radius 3 is 2.50 bits per heavy atom. The van der Waals surface area contributed by atoms with Crippen LogP contribution >= 0.6 is 23.2 Å². The first kappa shape index (κ1) is 13.3. The van der Waals surface area contributed by atoms with Gasteiger partial charge in [0.15, 0.2) is 0 Å². The summed E-state index contributed by atoms with van der Waals surface area (Å²) in [6.45, 7) is 1.62. The summed E-state index contributed by atoms with van der Waals surface area (Å²) < 4.78 is 0. The van der Waals surface area contributed by atoms with Crippen LogP contribution in [0.15, 0.2) is 18.2 Å². The SMILES string of the molecule is CC(CO)NC(=O)Cc1c(Cl)cccc1Cl. The summed E-state index contributed by atoms with van der Waals surface area (Å²) in [5.41, 5.74) is 0.605. The van der Waals surface area contributed by atoms with Gasteiger partial charge in [0.2, 0.25) is 5.91 Å². The van der Waals surface area contributed by atoms with Crippen LogP contribution in [0.3, 0.4) is 0 Å². The van der Waals surface area contributed by atoms with Crippen molar-refractivity contribution >= 4 is 29.1 Å². The molecule has 0 saturated heterocycles. The number of carbonyl (C=O) groups is 1. The van der Waals surface area contributed by atoms with Crippen LogP contribution < -0.4 is 5.32 Å². The van der Waals surface area contributed by atoms with Gasteiger partial charge in [-0.1, -0.05) is 29.3 Å². The molecule has 0 fully saturated rings. The van der Waals surface area contributed by atoms with Crippen molar-refractivity contribution in [1.82, 2.24) is 5.32 Å². The van der Waals surface area contributed by atoms with Crippen molar-refractivity contribution in [2.45, 2.75) is 19.4 Å². The third-order valence-electron chi connectivity index (χ3n) is 2.08. The van der Waals surface area contributed by atoms with Crippen LogP contribution in [-0.2, 0) is 11.2 Å². The largest absolute Gasteiger partial charge is 0.394 e. The van der Waals surface area contributed by atoms with E-state index in [0.717, 1.165) is 0 Å². The quantitative estimate of drug-likeness (QED) is 0.872. The maximum atomic E-state index is 11.5. The Kier molecular flexibility index (Phi) is 5.06. The van der Waals surface area contributed by atoms with Crippen LogP contribution in [0.4, 0.5) is 0 Å². The number of nitrogens with one attached hydrogen (secondary N) is 1. The van der Waals surface area contributed by atoms with E-state index in [9.17, 15) is 4.79 Å². The minimum Gasteiger partial charge on any atom is -0.394 e. The first-order chi connectivity index (χ1) is 7.54. The average Bonchev–Trinajstić information content (AvgIpc) is 2.23. The number of benzene rings is 1. The minimum atomic E-state index is -0.270. The predicted octanol–water partition coefficient (Wildman–Crippen LogP) is 2.03. The molecule has 5 heteroatoms. The van der Waals surface area contributed by atoms with Gasteiger partial charge in [-0.2, -0.15) is 0 Å². The molecule has 2 N–H and O–H groups in total. The molecule has 1 aromatic carbocycles. The predicted molar refractivity (Wildman–Crippen MR) is 64.9 cm³/mol. The Balaban J connectivity index is 2.70. The molecule has 1 unspecified atom stereocenters. The number of aliphatic hydroxyl groups excluding tert-OH is 1. The Morgan fingerprint density at radius 1 is 1.44 bits per heavy atom. The molecule has 16 heavy (non-hydrogen) atoms. The molecule has 1 amide bonds. The molecule has 0 bridgehead atoms. The number of carbonyl (C=O) groups excluding carboxylic acids is 1. The van der Waals surface area contributed by atoms with Gasteiger partial charge in [-0.05, 0) is 24.6 Å². The highest BCUT2D eigenvalue weighted by Gasteiger charge is 2.12. The van der Waals surface area contributed by atoms with E-state index < -0.39 is 0 Å². The van der Waals surface area contributed by atoms with Crippen molar-refractivity contribution < 1.29 is 9.90 Å². The van der Waals surface area contributed by atoms with Crippen molar-refractivity contribution in [1.29, 1.82) is 0 Å². The van der Waals surface area contributed by atoms with E-state index in [2.05, 4.69) is 5.32 Å². The molecule has 88 valence electrons. The molecule has 0 radical (unpaired) electrons. The number of rotatable bonds is 4. The fourth-order valence-corrected chi connectivity index (χ4v) is 1.76. The summed E-state index contributed by atoms with van der Waals surface area (Å²) in [6.07, 6.45) is 0.114. The number of halogens is 2. The molecule has 3 nitrogen and oxygen atoms in total. The van der Waals surface area contributed by atoms with Crippen molar-refractivity contribution in [3.63, 3.8) is 0 Å². The highest BCUT2D eigenvalue weighted by atomic mass is 35.5. The van der Waals surface area contributed by atoms with Gasteiger partial charge in [-0.3, -0.25) is 4.79 Å². The number of amides is 1. The smallest absolute Gasteiger partial charge is 0.224 e. The van der Waals surface area contributed by atoms with Gasteiger partial charge in [-0.25, -0.2) is 0 Å². The molecule has 1 aromatic rings. The molecule has 0 aromatic heterocycles. The third-order valence-corrected chi connectivity index (χ3v) is 2.79. The molecular formula is C11H13Cl2NO2. The van der Waals surface area contributed by atoms with E-state index in [1.165, 1.54) is 0 Å². The number of hydrogen-bond donors (Lipinski definition) is 2. The summed E-state index contributed by atoms with van der Waals surface area (Å²) in [4.78, 5) is 11.5. The van der Waals surface area contributed by atoms with Crippen molar-refractivity contribution in [2.75, 3.05) is 6.61 Å². The molecule has 0 aliphatic carbocycles. The molecule has 0 aliphatic rings. The van der Waals surface area contributed by atoms with E-state index in [0.29, 0.717) is 15.6 Å². The summed E-state index contributed by atoms with van der Waals surface area (Å²) >= 11 is 11.9. The maximum Gasteiger partial charge on any atom is 0.224 e. The fraction of sp³-hybridized carbons (Fsp3) is 0.364. The molecule has 1 atom stereocenters. The second-order valence-electron chi connectivity index (χ2n) is 3.53. The lowest BCUT2D eigenvalue weighted by atomic mass is 10.1. The van der Waals surface area contributed by atoms with Crippen molar-refractivity contribution in [3.8, 4) is 0 Å². The van der Waals surface area contributed by atoms with Crippen LogP contribution in [-0.4, -0.2) is 23.7 Å². The average molecular weight is 262 g/mol. The highest BCUT2D eigenvalue weighted by Crippen LogP contribution is 2.24. The Bertz CT molecular complexity index is 362. The van der Waals surface area contributed by atoms with Gasteiger partial charge < -0.3 is 10.4 Å². The van der Waals surface area contributed by atoms with Gasteiger partial charge in [0, 0.05) is 16.1 Å². The normalized spacial score (nSPS) is 12.2. The van der Waals surface area contributed by atoms with Gasteiger partial charge in [0.05, 0.1) is 13.0 Å². The lowest BCUT2D eigenvalue weighted by molar-refractivity contribution is -0.121. The van der Waals surface area contributed by atoms with Crippen LogP contribution in [0.25, 0.3) is 0 Å². The van der Waals surface area contributed by atoms with Crippen LogP contribution in [0.2, 0.25) is 10.0 Å². The zero-order valence-electron chi connectivity index (χ0n) is 8.84. The molecular weight excluding hydrogens is 249 g/mol. The summed E-state index contributed by atoms with van der Waals surface area (Å²) in [5, 5.41) is 12.4. The van der Waals surface area contributed by atoms with Gasteiger partial charge in [0.1, 0.15) is 0 Å². The first-order valence-corrected chi connectivity index (χ1v) is 5.63. The van der Waals surface area contributed by atoms with Gasteiger partial charge >= 0.3 is 0 Å². The molecule has 0 spiro atoms. The standard InChI is InChI=1S/C11H13Cl2NO2/c1-7(6-15)14-11(16)5-8-9(12)3-2-4-10(8)13/h2-4,7,15H,5-6H2,1H3,(H,14,16). The van der Waals surface area contributed by atoms with E-state index in [4.69, 9.17) is 28.3 Å². The number of aliphatic hydroxyl groups is 1. The Morgan fingerprint density at radius 2 is 2.00 bits per heavy atom. The second-order valence-corrected chi connectivity index (χ2v) is 4.34. The zero-order valence-corrected chi connectivity index (χ0v) is 10.3. The fourth-order valence-electron chi connectivity index (χ4n) is 1.23. The third kappa shape index (κ3) is 3.67. The summed E-state index contributed by atoms with van der Waals surface area (Å²) in [7, 11) is 0. The lowest BCUT2D eigenvalue weighted by Crippen LogP contribution is -2.36. The monoisotopic (exact) mass is 261 g/mol. The van der Waals surface area contributed by atoms with Crippen molar-refractivity contribution in [3.05, 3.63) is 33.8 Å². The maximum absolute atomic E-state index is 11.5. The van der Waals surface area contributed by atoms with E-state index in [1.54, 1.807) is 25.1 Å². The van der Waals surface area contributed by atoms with Gasteiger partial charge in [-0.15, -0.1) is 0 Å². The molecule has 0 aliphatic heterocycles.